The normalized spacial score (nSPS) is 14.6. The van der Waals surface area contributed by atoms with Crippen LogP contribution in [0, 0.1) is 0 Å². The number of hydrogen-bond acceptors (Lipinski definition) is 5. The van der Waals surface area contributed by atoms with Gasteiger partial charge in [0.25, 0.3) is 5.91 Å². The van der Waals surface area contributed by atoms with Crippen molar-refractivity contribution < 1.29 is 4.79 Å². The summed E-state index contributed by atoms with van der Waals surface area (Å²) in [6.07, 6.45) is 2.09. The van der Waals surface area contributed by atoms with E-state index in [4.69, 9.17) is 4.98 Å². The topological polar surface area (TPSA) is 61.7 Å². The minimum atomic E-state index is -0.121. The van der Waals surface area contributed by atoms with E-state index in [0.717, 1.165) is 65.4 Å². The summed E-state index contributed by atoms with van der Waals surface area (Å²) in [7, 11) is 0. The van der Waals surface area contributed by atoms with Crippen LogP contribution in [0.4, 0.5) is 5.69 Å². The van der Waals surface area contributed by atoms with Crippen molar-refractivity contribution in [2.24, 2.45) is 0 Å². The van der Waals surface area contributed by atoms with Gasteiger partial charge in [-0.2, -0.15) is 0 Å². The number of piperazine rings is 1. The largest absolute Gasteiger partial charge is 0.321 e. The van der Waals surface area contributed by atoms with E-state index in [2.05, 4.69) is 31.5 Å². The fourth-order valence-electron chi connectivity index (χ4n) is 4.60. The van der Waals surface area contributed by atoms with Crippen LogP contribution in [-0.2, 0) is 6.54 Å². The van der Waals surface area contributed by atoms with Gasteiger partial charge >= 0.3 is 0 Å². The second-order valence-corrected chi connectivity index (χ2v) is 9.39. The van der Waals surface area contributed by atoms with Crippen LogP contribution in [0.3, 0.4) is 0 Å². The minimum Gasteiger partial charge on any atom is -0.321 e. The van der Waals surface area contributed by atoms with E-state index in [9.17, 15) is 4.79 Å². The monoisotopic (exact) mass is 467 g/mol. The molecular weight excluding hydrogens is 442 g/mol. The van der Waals surface area contributed by atoms with Crippen molar-refractivity contribution in [3.63, 3.8) is 0 Å². The van der Waals surface area contributed by atoms with Crippen LogP contribution < -0.4 is 10.6 Å². The van der Waals surface area contributed by atoms with Crippen LogP contribution >= 0.6 is 11.3 Å². The highest BCUT2D eigenvalue weighted by atomic mass is 32.1. The number of carbonyl (C=O) groups excluding carboxylic acids is 1. The Balaban J connectivity index is 1.30. The Morgan fingerprint density at radius 2 is 1.79 bits per heavy atom. The number of carbonyl (C=O) groups is 1. The van der Waals surface area contributed by atoms with Crippen molar-refractivity contribution in [3.8, 4) is 11.3 Å². The van der Waals surface area contributed by atoms with E-state index in [0.29, 0.717) is 5.56 Å². The van der Waals surface area contributed by atoms with E-state index >= 15 is 0 Å². The van der Waals surface area contributed by atoms with E-state index in [-0.39, 0.29) is 5.91 Å². The van der Waals surface area contributed by atoms with Crippen LogP contribution in [0.25, 0.3) is 27.0 Å². The summed E-state index contributed by atoms with van der Waals surface area (Å²) in [5.74, 6) is -0.121. The molecule has 6 rings (SSSR count). The maximum atomic E-state index is 13.3. The number of nitrogens with zero attached hydrogens (tertiary/aromatic N) is 3. The molecule has 1 aliphatic heterocycles. The summed E-state index contributed by atoms with van der Waals surface area (Å²) in [5, 5.41) is 10.7. The number of aromatic nitrogens is 2. The predicted octanol–water partition coefficient (Wildman–Crippen LogP) is 4.87. The van der Waals surface area contributed by atoms with Crippen molar-refractivity contribution in [1.29, 1.82) is 0 Å². The van der Waals surface area contributed by atoms with Crippen molar-refractivity contribution in [2.45, 2.75) is 6.54 Å². The number of hydrogen-bond donors (Lipinski definition) is 2. The number of fused-ring (bicyclic) bond motifs is 2. The number of imidazole rings is 1. The Labute approximate surface area is 201 Å². The molecule has 0 saturated carbocycles. The highest BCUT2D eigenvalue weighted by molar-refractivity contribution is 7.15. The van der Waals surface area contributed by atoms with Gasteiger partial charge in [0.2, 0.25) is 0 Å². The Hall–Kier alpha value is -3.52. The third kappa shape index (κ3) is 3.98. The fourth-order valence-corrected chi connectivity index (χ4v) is 5.46. The van der Waals surface area contributed by atoms with Crippen LogP contribution in [0.1, 0.15) is 16.1 Å². The Morgan fingerprint density at radius 3 is 2.71 bits per heavy atom. The van der Waals surface area contributed by atoms with E-state index in [1.807, 2.05) is 66.7 Å². The molecule has 1 fully saturated rings. The molecule has 34 heavy (non-hydrogen) atoms. The number of rotatable bonds is 5. The zero-order valence-electron chi connectivity index (χ0n) is 18.7. The lowest BCUT2D eigenvalue weighted by molar-refractivity contribution is 0.102. The summed E-state index contributed by atoms with van der Waals surface area (Å²) in [6.45, 7) is 5.10. The summed E-state index contributed by atoms with van der Waals surface area (Å²) in [6, 6.07) is 21.7. The van der Waals surface area contributed by atoms with Crippen molar-refractivity contribution >= 4 is 38.7 Å². The molecule has 3 aromatic carbocycles. The summed E-state index contributed by atoms with van der Waals surface area (Å²) >= 11 is 1.66. The average Bonchev–Trinajstić information content (AvgIpc) is 3.46. The SMILES string of the molecule is O=C(Nc1ccccc1-c1cn2c(CN3CCNCC3)csc2n1)c1cccc2ccccc12. The van der Waals surface area contributed by atoms with Gasteiger partial charge in [0.1, 0.15) is 0 Å². The van der Waals surface area contributed by atoms with Gasteiger partial charge < -0.3 is 10.6 Å². The van der Waals surface area contributed by atoms with Crippen LogP contribution in [-0.4, -0.2) is 46.4 Å². The van der Waals surface area contributed by atoms with E-state index in [1.54, 1.807) is 11.3 Å². The number of para-hydroxylation sites is 1. The smallest absolute Gasteiger partial charge is 0.256 e. The number of anilines is 1. The fraction of sp³-hybridized carbons (Fsp3) is 0.185. The van der Waals surface area contributed by atoms with Crippen molar-refractivity contribution in [3.05, 3.63) is 89.6 Å². The second kappa shape index (κ2) is 9.02. The summed E-state index contributed by atoms with van der Waals surface area (Å²) in [5.41, 5.74) is 4.45. The molecule has 0 spiro atoms. The molecular formula is C27H25N5OS. The first-order valence-electron chi connectivity index (χ1n) is 11.5. The third-order valence-corrected chi connectivity index (χ3v) is 7.25. The Bertz CT molecular complexity index is 1480. The number of benzene rings is 3. The lowest BCUT2D eigenvalue weighted by atomic mass is 10.0. The molecule has 7 heteroatoms. The number of thiazole rings is 1. The molecule has 3 heterocycles. The Kier molecular flexibility index (Phi) is 5.58. The standard InChI is InChI=1S/C27H25N5OS/c33-26(22-10-5-7-19-6-1-2-8-21(19)22)29-24-11-4-3-9-23(24)25-17-32-20(18-34-27(32)30-25)16-31-14-12-28-13-15-31/h1-11,17-18,28H,12-16H2,(H,29,33). The van der Waals surface area contributed by atoms with E-state index in [1.165, 1.54) is 5.69 Å². The van der Waals surface area contributed by atoms with Gasteiger partial charge in [0, 0.05) is 61.1 Å². The molecule has 0 unspecified atom stereocenters. The lowest BCUT2D eigenvalue weighted by Crippen LogP contribution is -2.43. The zero-order chi connectivity index (χ0) is 22.9. The lowest BCUT2D eigenvalue weighted by Gasteiger charge is -2.26. The predicted molar refractivity (Wildman–Crippen MR) is 139 cm³/mol. The summed E-state index contributed by atoms with van der Waals surface area (Å²) < 4.78 is 2.19. The molecule has 0 bridgehead atoms. The highest BCUT2D eigenvalue weighted by Crippen LogP contribution is 2.30. The molecule has 0 aliphatic carbocycles. The molecule has 170 valence electrons. The molecule has 0 atom stereocenters. The first kappa shape index (κ1) is 21.0. The van der Waals surface area contributed by atoms with Gasteiger partial charge in [-0.1, -0.05) is 54.6 Å². The van der Waals surface area contributed by atoms with Crippen molar-refractivity contribution in [2.75, 3.05) is 31.5 Å². The third-order valence-electron chi connectivity index (χ3n) is 6.36. The first-order chi connectivity index (χ1) is 16.8. The van der Waals surface area contributed by atoms with Crippen LogP contribution in [0.15, 0.2) is 78.3 Å². The van der Waals surface area contributed by atoms with Gasteiger partial charge in [-0.3, -0.25) is 14.1 Å². The minimum absolute atomic E-state index is 0.121. The molecule has 1 amide bonds. The molecule has 2 N–H and O–H groups in total. The molecule has 5 aromatic rings. The highest BCUT2D eigenvalue weighted by Gasteiger charge is 2.17. The first-order valence-corrected chi connectivity index (χ1v) is 12.4. The van der Waals surface area contributed by atoms with Gasteiger partial charge in [0.05, 0.1) is 11.4 Å². The zero-order valence-corrected chi connectivity index (χ0v) is 19.5. The van der Waals surface area contributed by atoms with Gasteiger partial charge in [-0.15, -0.1) is 11.3 Å². The van der Waals surface area contributed by atoms with Gasteiger partial charge in [-0.25, -0.2) is 4.98 Å². The second-order valence-electron chi connectivity index (χ2n) is 8.56. The quantitative estimate of drug-likeness (QED) is 0.387. The maximum absolute atomic E-state index is 13.3. The Morgan fingerprint density at radius 1 is 1.00 bits per heavy atom. The average molecular weight is 468 g/mol. The number of amides is 1. The van der Waals surface area contributed by atoms with Crippen molar-refractivity contribution in [1.82, 2.24) is 19.6 Å². The maximum Gasteiger partial charge on any atom is 0.256 e. The summed E-state index contributed by atoms with van der Waals surface area (Å²) in [4.78, 5) is 21.6. The van der Waals surface area contributed by atoms with Crippen LogP contribution in [0.5, 0.6) is 0 Å². The number of nitrogens with one attached hydrogen (secondary N) is 2. The van der Waals surface area contributed by atoms with Gasteiger partial charge in [-0.05, 0) is 22.9 Å². The molecule has 0 radical (unpaired) electrons. The van der Waals surface area contributed by atoms with Crippen LogP contribution in [0.2, 0.25) is 0 Å². The molecule has 1 aliphatic rings. The molecule has 1 saturated heterocycles. The van der Waals surface area contributed by atoms with E-state index < -0.39 is 0 Å². The molecule has 6 nitrogen and oxygen atoms in total. The van der Waals surface area contributed by atoms with Gasteiger partial charge in [0.15, 0.2) is 4.96 Å². The molecule has 2 aromatic heterocycles.